The van der Waals surface area contributed by atoms with Gasteiger partial charge >= 0.3 is 0 Å². The number of aromatic nitrogens is 10. The van der Waals surface area contributed by atoms with E-state index < -0.39 is 0 Å². The van der Waals surface area contributed by atoms with E-state index in [0.29, 0.717) is 29.1 Å². The summed E-state index contributed by atoms with van der Waals surface area (Å²) in [4.78, 5) is 46.3. The molecule has 0 aliphatic rings. The molecule has 0 atom stereocenters. The van der Waals surface area contributed by atoms with Crippen LogP contribution in [0.3, 0.4) is 0 Å². The molecule has 0 radical (unpaired) electrons. The van der Waals surface area contributed by atoms with Crippen LogP contribution in [0.2, 0.25) is 0 Å². The van der Waals surface area contributed by atoms with Gasteiger partial charge < -0.3 is 0 Å². The average molecular weight is 1680 g/mol. The van der Waals surface area contributed by atoms with E-state index in [9.17, 15) is 0 Å². The van der Waals surface area contributed by atoms with Crippen molar-refractivity contribution >= 4 is 97.0 Å². The van der Waals surface area contributed by atoms with E-state index in [4.69, 9.17) is 24.9 Å². The molecule has 10 nitrogen and oxygen atoms in total. The van der Waals surface area contributed by atoms with Crippen molar-refractivity contribution in [2.45, 2.75) is 0 Å². The first-order valence-corrected chi connectivity index (χ1v) is 44.3. The van der Waals surface area contributed by atoms with Gasteiger partial charge in [-0.3, -0.25) is 9.97 Å². The van der Waals surface area contributed by atoms with Crippen LogP contribution >= 0.6 is 0 Å². The monoisotopic (exact) mass is 1680 g/mol. The number of pyridine rings is 2. The summed E-state index contributed by atoms with van der Waals surface area (Å²) in [5.74, 6) is 3.86. The molecule has 0 aliphatic carbocycles. The minimum Gasteiger partial charge on any atom is -0.265 e. The zero-order valence-electron chi connectivity index (χ0n) is 71.5. The van der Waals surface area contributed by atoms with Gasteiger partial charge in [0, 0.05) is 69.9 Å². The van der Waals surface area contributed by atoms with Crippen molar-refractivity contribution in [1.29, 1.82) is 0 Å². The standard InChI is InChI=1S/C43H27N5.C40H26N2.C39H25N3/c1-6-12-39(43-47-41(30-19-23-44-24-20-30)46-42(48-43)31-21-25-45-26-22-31)33(7-1)29-15-13-28(14-16-29)32-17-18-38-36-10-3-2-8-34(36)35-9-4-5-11-37(35)40(38)27-32;1-2-10-29(11-3-1)40-41-25-24-39(42-40)37-17-9-4-12-31(37)28-20-18-27(19-21-28)30-22-23-36-34-15-6-5-13-32(34)33-14-7-8-16-35(33)38(36)26-30;1-2-10-28(11-3-1)38-40-25-41-39(42-38)36-17-9-4-12-30(36)27-20-18-26(19-21-27)29-22-23-35-33-15-6-5-13-31(33)32-14-7-8-16-34(32)37(35)24-29/h1-27H;1-26H;1-25H. The van der Waals surface area contributed by atoms with E-state index in [1.807, 2.05) is 109 Å². The lowest BCUT2D eigenvalue weighted by atomic mass is 9.91. The first-order valence-electron chi connectivity index (χ1n) is 44.3. The normalized spacial score (nSPS) is 11.3. The third kappa shape index (κ3) is 15.2. The summed E-state index contributed by atoms with van der Waals surface area (Å²) in [6, 6.07) is 154. The molecule has 0 saturated carbocycles. The molecule has 0 aliphatic heterocycles. The first kappa shape index (κ1) is 78.8. The maximum atomic E-state index is 4.96. The van der Waals surface area contributed by atoms with Crippen LogP contribution in [0, 0.1) is 0 Å². The second-order valence-corrected chi connectivity index (χ2v) is 32.8. The molecule has 0 fully saturated rings. The van der Waals surface area contributed by atoms with E-state index in [1.54, 1.807) is 31.1 Å². The van der Waals surface area contributed by atoms with Crippen LogP contribution in [0.5, 0.6) is 0 Å². The lowest BCUT2D eigenvalue weighted by molar-refractivity contribution is 1.07. The highest BCUT2D eigenvalue weighted by Crippen LogP contribution is 2.44. The molecule has 5 aromatic heterocycles. The van der Waals surface area contributed by atoms with E-state index in [0.717, 1.165) is 89.4 Å². The molecule has 0 amide bonds. The average Bonchev–Trinajstić information content (AvgIpc) is 0.747. The number of hydrogen-bond donors (Lipinski definition) is 0. The number of benzene rings is 20. The van der Waals surface area contributed by atoms with E-state index >= 15 is 0 Å². The molecule has 132 heavy (non-hydrogen) atoms. The highest BCUT2D eigenvalue weighted by Gasteiger charge is 2.21. The Kier molecular flexibility index (Phi) is 20.8. The van der Waals surface area contributed by atoms with Gasteiger partial charge in [0.2, 0.25) is 0 Å². The SMILES string of the molecule is c1ccc(-c2nc(-c3ccncc3)nc(-c3ccncc3)n2)c(-c2ccc(-c3ccc4c5ccccc5c5ccccc5c4c3)cc2)c1.c1ccc(-c2nccc(-c3ccccc3-c3ccc(-c4ccc5c6ccccc6c6ccccc6c5c4)cc3)n2)cc1.c1ccc(-c2ncnc(-c3ccccc3-c3ccc(-c4ccc5c6ccccc6c6ccccc6c5c4)cc3)n2)cc1. The van der Waals surface area contributed by atoms with Crippen molar-refractivity contribution in [3.8, 4) is 146 Å². The van der Waals surface area contributed by atoms with E-state index in [2.05, 4.69) is 359 Å². The number of hydrogen-bond acceptors (Lipinski definition) is 10. The third-order valence-corrected chi connectivity index (χ3v) is 25.2. The predicted octanol–water partition coefficient (Wildman–Crippen LogP) is 31.1. The third-order valence-electron chi connectivity index (χ3n) is 25.2. The summed E-state index contributed by atoms with van der Waals surface area (Å²) in [7, 11) is 0. The molecule has 25 rings (SSSR count). The van der Waals surface area contributed by atoms with Crippen molar-refractivity contribution in [3.63, 3.8) is 0 Å². The van der Waals surface area contributed by atoms with Crippen molar-refractivity contribution in [2.24, 2.45) is 0 Å². The molecule has 0 N–H and O–H groups in total. The minimum absolute atomic E-state index is 0.593. The van der Waals surface area contributed by atoms with Gasteiger partial charge in [0.05, 0.1) is 5.69 Å². The highest BCUT2D eigenvalue weighted by molar-refractivity contribution is 6.28. The summed E-state index contributed by atoms with van der Waals surface area (Å²) in [5.41, 5.74) is 21.4. The molecule has 0 saturated heterocycles. The summed E-state index contributed by atoms with van der Waals surface area (Å²) >= 11 is 0. The van der Waals surface area contributed by atoms with Gasteiger partial charge in [-0.05, 0) is 212 Å². The van der Waals surface area contributed by atoms with E-state index in [-0.39, 0.29) is 0 Å². The zero-order valence-corrected chi connectivity index (χ0v) is 71.5. The van der Waals surface area contributed by atoms with Crippen LogP contribution < -0.4 is 0 Å². The summed E-state index contributed by atoms with van der Waals surface area (Å²) in [6.07, 6.45) is 10.4. The lowest BCUT2D eigenvalue weighted by Crippen LogP contribution is -2.01. The number of nitrogens with zero attached hydrogens (tertiary/aromatic N) is 10. The fourth-order valence-electron chi connectivity index (χ4n) is 18.8. The van der Waals surface area contributed by atoms with Crippen LogP contribution in [0.25, 0.3) is 243 Å². The predicted molar refractivity (Wildman–Crippen MR) is 545 cm³/mol. The van der Waals surface area contributed by atoms with Crippen LogP contribution in [0.4, 0.5) is 0 Å². The minimum atomic E-state index is 0.593. The van der Waals surface area contributed by atoms with Crippen molar-refractivity contribution in [2.75, 3.05) is 0 Å². The highest BCUT2D eigenvalue weighted by atomic mass is 15.0. The van der Waals surface area contributed by atoms with Gasteiger partial charge in [-0.1, -0.05) is 388 Å². The molecule has 0 bridgehead atoms. The molecule has 10 heteroatoms. The lowest BCUT2D eigenvalue weighted by Gasteiger charge is -2.13. The van der Waals surface area contributed by atoms with Crippen LogP contribution in [0.1, 0.15) is 0 Å². The quantitative estimate of drug-likeness (QED) is 0.103. The maximum absolute atomic E-state index is 4.96. The molecular weight excluding hydrogens is 1610 g/mol. The van der Waals surface area contributed by atoms with Gasteiger partial charge in [-0.25, -0.2) is 39.9 Å². The Labute approximate surface area is 762 Å². The Hall–Kier alpha value is -17.9. The van der Waals surface area contributed by atoms with Gasteiger partial charge in [0.25, 0.3) is 0 Å². The van der Waals surface area contributed by atoms with Crippen molar-refractivity contribution < 1.29 is 0 Å². The Morgan fingerprint density at radius 2 is 0.364 bits per heavy atom. The largest absolute Gasteiger partial charge is 0.265 e. The molecule has 5 heterocycles. The fourth-order valence-corrected chi connectivity index (χ4v) is 18.8. The molecule has 0 unspecified atom stereocenters. The van der Waals surface area contributed by atoms with Crippen LogP contribution in [-0.2, 0) is 0 Å². The Morgan fingerprint density at radius 3 is 0.720 bits per heavy atom. The van der Waals surface area contributed by atoms with Crippen LogP contribution in [0.15, 0.2) is 474 Å². The topological polar surface area (TPSA) is 129 Å². The number of rotatable bonds is 13. The Morgan fingerprint density at radius 1 is 0.121 bits per heavy atom. The van der Waals surface area contributed by atoms with Gasteiger partial charge in [0.15, 0.2) is 34.9 Å². The maximum Gasteiger partial charge on any atom is 0.164 e. The Balaban J connectivity index is 0.000000113. The smallest absolute Gasteiger partial charge is 0.164 e. The molecule has 20 aromatic carbocycles. The summed E-state index contributed by atoms with van der Waals surface area (Å²) < 4.78 is 0. The molecular formula is C122H78N10. The molecule has 0 spiro atoms. The van der Waals surface area contributed by atoms with Gasteiger partial charge in [0.1, 0.15) is 6.33 Å². The second-order valence-electron chi connectivity index (χ2n) is 32.8. The fraction of sp³-hybridized carbons (Fsp3) is 0. The first-order chi connectivity index (χ1) is 65.5. The zero-order chi connectivity index (χ0) is 87.6. The number of fused-ring (bicyclic) bond motifs is 18. The van der Waals surface area contributed by atoms with E-state index in [1.165, 1.54) is 125 Å². The summed E-state index contributed by atoms with van der Waals surface area (Å²) in [5, 5.41) is 23.1. The van der Waals surface area contributed by atoms with Crippen LogP contribution in [-0.4, -0.2) is 49.8 Å². The molecule has 616 valence electrons. The Bertz CT molecular complexity index is 8190. The van der Waals surface area contributed by atoms with Crippen molar-refractivity contribution in [1.82, 2.24) is 49.8 Å². The second kappa shape index (κ2) is 34.8. The van der Waals surface area contributed by atoms with Crippen molar-refractivity contribution in [3.05, 3.63) is 474 Å². The van der Waals surface area contributed by atoms with Gasteiger partial charge in [-0.15, -0.1) is 0 Å². The van der Waals surface area contributed by atoms with Gasteiger partial charge in [-0.2, -0.15) is 0 Å². The summed E-state index contributed by atoms with van der Waals surface area (Å²) in [6.45, 7) is 0. The molecule has 25 aromatic rings.